The van der Waals surface area contributed by atoms with Crippen LogP contribution in [0.15, 0.2) is 46.5 Å². The number of nitrogens with zero attached hydrogens (tertiary/aromatic N) is 5. The van der Waals surface area contributed by atoms with Crippen LogP contribution in [0.3, 0.4) is 0 Å². The molecule has 2 atom stereocenters. The van der Waals surface area contributed by atoms with Crippen LogP contribution < -0.4 is 5.43 Å². The maximum atomic E-state index is 13.2. The van der Waals surface area contributed by atoms with Crippen LogP contribution in [0.4, 0.5) is 4.79 Å². The molecule has 0 radical (unpaired) electrons. The van der Waals surface area contributed by atoms with Crippen LogP contribution in [-0.4, -0.2) is 69.5 Å². The molecular formula is C19H21N6O2+. The number of imide groups is 1. The predicted octanol–water partition coefficient (Wildman–Crippen LogP) is 1.11. The lowest BCUT2D eigenvalue weighted by atomic mass is 10.1. The first-order valence-corrected chi connectivity index (χ1v) is 8.83. The lowest BCUT2D eigenvalue weighted by Crippen LogP contribution is -2.64. The quantitative estimate of drug-likeness (QED) is 0.815. The molecule has 0 saturated carbocycles. The van der Waals surface area contributed by atoms with Gasteiger partial charge in [0.05, 0.1) is 5.71 Å². The Labute approximate surface area is 157 Å². The molecule has 3 amide bonds. The van der Waals surface area contributed by atoms with Crippen LogP contribution in [0.2, 0.25) is 0 Å². The number of aliphatic imine (C=N–C) groups is 1. The van der Waals surface area contributed by atoms with Crippen molar-refractivity contribution in [1.29, 1.82) is 0 Å². The van der Waals surface area contributed by atoms with E-state index in [-0.39, 0.29) is 24.5 Å². The zero-order valence-electron chi connectivity index (χ0n) is 15.5. The summed E-state index contributed by atoms with van der Waals surface area (Å²) >= 11 is 0. The van der Waals surface area contributed by atoms with Gasteiger partial charge in [0.15, 0.2) is 0 Å². The number of nitrogens with one attached hydrogen (secondary N) is 1. The smallest absolute Gasteiger partial charge is 0.270 e. The summed E-state index contributed by atoms with van der Waals surface area (Å²) in [5, 5.41) is 4.22. The molecule has 8 heteroatoms. The van der Waals surface area contributed by atoms with E-state index < -0.39 is 6.04 Å². The molecule has 0 aromatic heterocycles. The summed E-state index contributed by atoms with van der Waals surface area (Å²) < 4.78 is 1.89. The van der Waals surface area contributed by atoms with E-state index in [0.717, 1.165) is 11.3 Å². The van der Waals surface area contributed by atoms with Crippen molar-refractivity contribution >= 4 is 35.5 Å². The van der Waals surface area contributed by atoms with Crippen molar-refractivity contribution in [2.45, 2.75) is 25.9 Å². The highest BCUT2D eigenvalue weighted by atomic mass is 16.2. The number of urea groups is 1. The zero-order valence-corrected chi connectivity index (χ0v) is 15.5. The highest BCUT2D eigenvalue weighted by molar-refractivity contribution is 6.23. The molecule has 3 aliphatic heterocycles. The van der Waals surface area contributed by atoms with Gasteiger partial charge in [0.25, 0.3) is 5.91 Å². The number of amides is 3. The third-order valence-corrected chi connectivity index (χ3v) is 5.10. The second-order valence-corrected chi connectivity index (χ2v) is 6.75. The fourth-order valence-electron chi connectivity index (χ4n) is 3.43. The van der Waals surface area contributed by atoms with E-state index in [0.29, 0.717) is 11.8 Å². The van der Waals surface area contributed by atoms with Crippen LogP contribution in [-0.2, 0) is 4.79 Å². The molecule has 4 rings (SSSR count). The molecule has 1 saturated heterocycles. The van der Waals surface area contributed by atoms with Crippen LogP contribution in [0.1, 0.15) is 19.4 Å². The first-order chi connectivity index (χ1) is 13.0. The number of hydrazone groups is 1. The average molecular weight is 365 g/mol. The van der Waals surface area contributed by atoms with Crippen molar-refractivity contribution in [3.05, 3.63) is 42.0 Å². The topological polar surface area (TPSA) is 80.4 Å². The molecule has 1 fully saturated rings. The molecule has 2 unspecified atom stereocenters. The standard InChI is InChI=1S/C19H20N6O2/c1-12-13(2)25-15-16(20-18(25)22-21-12)23(3)19(27)24(17(15)26)11-7-10-14-8-5-4-6-9-14/h4-10,13,15H,11H2,1-3H3/p+1/b10-7+. The fourth-order valence-corrected chi connectivity index (χ4v) is 3.43. The Kier molecular flexibility index (Phi) is 4.10. The van der Waals surface area contributed by atoms with Gasteiger partial charge < -0.3 is 0 Å². The first-order valence-electron chi connectivity index (χ1n) is 8.83. The van der Waals surface area contributed by atoms with Crippen molar-refractivity contribution < 1.29 is 14.2 Å². The maximum Gasteiger partial charge on any atom is 0.414 e. The summed E-state index contributed by atoms with van der Waals surface area (Å²) in [4.78, 5) is 33.0. The predicted molar refractivity (Wildman–Crippen MR) is 103 cm³/mol. The van der Waals surface area contributed by atoms with Crippen LogP contribution in [0, 0.1) is 0 Å². The van der Waals surface area contributed by atoms with E-state index in [9.17, 15) is 9.59 Å². The van der Waals surface area contributed by atoms with Gasteiger partial charge in [-0.05, 0) is 19.4 Å². The number of likely N-dealkylation sites (N-methyl/N-ethyl adjacent to an activating group) is 1. The third-order valence-electron chi connectivity index (χ3n) is 5.10. The number of benzene rings is 1. The molecular weight excluding hydrogens is 344 g/mol. The van der Waals surface area contributed by atoms with E-state index in [2.05, 4.69) is 15.5 Å². The van der Waals surface area contributed by atoms with Gasteiger partial charge >= 0.3 is 12.0 Å². The summed E-state index contributed by atoms with van der Waals surface area (Å²) in [6, 6.07) is 8.68. The Balaban J connectivity index is 1.60. The zero-order chi connectivity index (χ0) is 19.1. The van der Waals surface area contributed by atoms with Crippen molar-refractivity contribution in [3.8, 4) is 0 Å². The Bertz CT molecular complexity index is 931. The Morgan fingerprint density at radius 1 is 1.26 bits per heavy atom. The summed E-state index contributed by atoms with van der Waals surface area (Å²) in [5.41, 5.74) is 4.75. The Morgan fingerprint density at radius 3 is 2.74 bits per heavy atom. The number of amidine groups is 1. The monoisotopic (exact) mass is 365 g/mol. The molecule has 0 aliphatic carbocycles. The molecule has 3 heterocycles. The largest absolute Gasteiger partial charge is 0.414 e. The molecule has 27 heavy (non-hydrogen) atoms. The molecule has 1 N–H and O–H groups in total. The second-order valence-electron chi connectivity index (χ2n) is 6.75. The number of guanidine groups is 1. The van der Waals surface area contributed by atoms with E-state index in [1.807, 2.05) is 60.9 Å². The second kappa shape index (κ2) is 6.46. The minimum Gasteiger partial charge on any atom is -0.270 e. The normalized spacial score (nSPS) is 24.7. The van der Waals surface area contributed by atoms with E-state index in [1.54, 1.807) is 7.05 Å². The van der Waals surface area contributed by atoms with Crippen LogP contribution >= 0.6 is 0 Å². The molecule has 1 aromatic rings. The van der Waals surface area contributed by atoms with E-state index >= 15 is 0 Å². The SMILES string of the molecule is CC1=NNC2=[N+](C1C)C1C(=O)N(C/C=C/c3ccccc3)C(=O)N(C)C1=N2. The van der Waals surface area contributed by atoms with E-state index in [4.69, 9.17) is 0 Å². The van der Waals surface area contributed by atoms with Gasteiger partial charge in [-0.3, -0.25) is 14.6 Å². The summed E-state index contributed by atoms with van der Waals surface area (Å²) in [6.45, 7) is 4.08. The van der Waals surface area contributed by atoms with Crippen molar-refractivity contribution in [2.75, 3.05) is 13.6 Å². The highest BCUT2D eigenvalue weighted by Crippen LogP contribution is 2.22. The fraction of sp³-hybridized carbons (Fsp3) is 0.316. The van der Waals surface area contributed by atoms with Crippen molar-refractivity contribution in [2.24, 2.45) is 10.1 Å². The molecule has 138 valence electrons. The van der Waals surface area contributed by atoms with Gasteiger partial charge in [-0.1, -0.05) is 47.5 Å². The average Bonchev–Trinajstić information content (AvgIpc) is 3.07. The summed E-state index contributed by atoms with van der Waals surface area (Å²) in [5.74, 6) is 0.670. The lowest BCUT2D eigenvalue weighted by molar-refractivity contribution is -0.555. The lowest BCUT2D eigenvalue weighted by Gasteiger charge is -2.34. The van der Waals surface area contributed by atoms with Crippen molar-refractivity contribution in [1.82, 2.24) is 15.2 Å². The van der Waals surface area contributed by atoms with Gasteiger partial charge in [-0.15, -0.1) is 5.10 Å². The van der Waals surface area contributed by atoms with Gasteiger partial charge in [0.1, 0.15) is 6.04 Å². The third kappa shape index (κ3) is 2.73. The van der Waals surface area contributed by atoms with Gasteiger partial charge in [-0.25, -0.2) is 9.37 Å². The van der Waals surface area contributed by atoms with Gasteiger partial charge in [-0.2, -0.15) is 5.43 Å². The van der Waals surface area contributed by atoms with Gasteiger partial charge in [0, 0.05) is 13.6 Å². The molecule has 0 bridgehead atoms. The Morgan fingerprint density at radius 2 is 2.00 bits per heavy atom. The van der Waals surface area contributed by atoms with Crippen LogP contribution in [0.25, 0.3) is 6.08 Å². The van der Waals surface area contributed by atoms with Crippen LogP contribution in [0.5, 0.6) is 0 Å². The number of fused-ring (bicyclic) bond motifs is 2. The molecule has 8 nitrogen and oxygen atoms in total. The minimum absolute atomic E-state index is 0.0836. The number of carbonyl (C=O) groups is 2. The first kappa shape index (κ1) is 17.1. The summed E-state index contributed by atoms with van der Waals surface area (Å²) in [7, 11) is 1.64. The highest BCUT2D eigenvalue weighted by Gasteiger charge is 2.54. The number of hydrogen-bond acceptors (Lipinski definition) is 5. The van der Waals surface area contributed by atoms with Crippen molar-refractivity contribution in [3.63, 3.8) is 0 Å². The van der Waals surface area contributed by atoms with E-state index in [1.165, 1.54) is 9.80 Å². The molecule has 3 aliphatic rings. The Hall–Kier alpha value is -3.29. The number of rotatable bonds is 3. The summed E-state index contributed by atoms with van der Waals surface area (Å²) in [6.07, 6.45) is 3.73. The maximum absolute atomic E-state index is 13.2. The van der Waals surface area contributed by atoms with Gasteiger partial charge in [0.2, 0.25) is 11.9 Å². The molecule has 0 spiro atoms. The number of hydrogen-bond donors (Lipinski definition) is 1. The molecule has 1 aromatic carbocycles. The minimum atomic E-state index is -0.624. The number of carbonyl (C=O) groups excluding carboxylic acids is 2.